The van der Waals surface area contributed by atoms with E-state index in [-0.39, 0.29) is 18.3 Å². The minimum absolute atomic E-state index is 0.0535. The molecule has 0 heterocycles. The molecule has 0 aliphatic rings. The second-order valence-electron chi connectivity index (χ2n) is 5.75. The Bertz CT molecular complexity index is 834. The molecular weight excluding hydrogens is 340 g/mol. The van der Waals surface area contributed by atoms with Crippen LogP contribution < -0.4 is 15.8 Å². The van der Waals surface area contributed by atoms with Crippen LogP contribution in [0.1, 0.15) is 12.0 Å². The first-order valence-electron chi connectivity index (χ1n) is 7.87. The van der Waals surface area contributed by atoms with Crippen LogP contribution in [-0.4, -0.2) is 32.9 Å². The molecule has 134 valence electrons. The Balaban J connectivity index is 1.86. The summed E-state index contributed by atoms with van der Waals surface area (Å²) in [6.45, 7) is 0.0729. The standard InChI is InChI=1S/C18H22N2O4S/c1-25(22,23)12-11-24-16-7-4-6-15(13-16)20-18(21)10-9-14-5-2-3-8-17(14)19/h2-8,13H,9-12,19H2,1H3,(H,20,21). The van der Waals surface area contributed by atoms with Crippen molar-refractivity contribution in [2.45, 2.75) is 12.8 Å². The summed E-state index contributed by atoms with van der Waals surface area (Å²) in [7, 11) is -3.07. The molecule has 0 bridgehead atoms. The highest BCUT2D eigenvalue weighted by atomic mass is 32.2. The SMILES string of the molecule is CS(=O)(=O)CCOc1cccc(NC(=O)CCc2ccccc2N)c1. The molecule has 0 fully saturated rings. The Morgan fingerprint density at radius 1 is 1.16 bits per heavy atom. The van der Waals surface area contributed by atoms with E-state index in [4.69, 9.17) is 10.5 Å². The molecule has 0 saturated heterocycles. The van der Waals surface area contributed by atoms with E-state index in [9.17, 15) is 13.2 Å². The van der Waals surface area contributed by atoms with Crippen LogP contribution in [0.15, 0.2) is 48.5 Å². The van der Waals surface area contributed by atoms with Crippen molar-refractivity contribution in [1.82, 2.24) is 0 Å². The zero-order chi connectivity index (χ0) is 18.3. The van der Waals surface area contributed by atoms with E-state index in [1.54, 1.807) is 24.3 Å². The van der Waals surface area contributed by atoms with Crippen molar-refractivity contribution in [2.75, 3.05) is 29.7 Å². The summed E-state index contributed by atoms with van der Waals surface area (Å²) in [5, 5.41) is 2.80. The maximum Gasteiger partial charge on any atom is 0.224 e. The minimum Gasteiger partial charge on any atom is -0.492 e. The van der Waals surface area contributed by atoms with Crippen molar-refractivity contribution in [3.63, 3.8) is 0 Å². The number of amides is 1. The van der Waals surface area contributed by atoms with Gasteiger partial charge in [0.05, 0.1) is 5.75 Å². The molecule has 2 rings (SSSR count). The maximum absolute atomic E-state index is 12.1. The lowest BCUT2D eigenvalue weighted by atomic mass is 10.1. The summed E-state index contributed by atoms with van der Waals surface area (Å²) in [5.41, 5.74) is 8.08. The predicted octanol–water partition coefficient (Wildman–Crippen LogP) is 2.26. The molecule has 2 aromatic carbocycles. The highest BCUT2D eigenvalue weighted by Crippen LogP contribution is 2.18. The summed E-state index contributed by atoms with van der Waals surface area (Å²) in [6, 6.07) is 14.3. The van der Waals surface area contributed by atoms with Crippen LogP contribution in [0.3, 0.4) is 0 Å². The average Bonchev–Trinajstić information content (AvgIpc) is 2.53. The first kappa shape index (κ1) is 18.8. The van der Waals surface area contributed by atoms with Gasteiger partial charge in [-0.2, -0.15) is 0 Å². The second kappa shape index (κ2) is 8.53. The van der Waals surface area contributed by atoms with E-state index in [0.29, 0.717) is 30.0 Å². The van der Waals surface area contributed by atoms with Gasteiger partial charge in [-0.3, -0.25) is 4.79 Å². The summed E-state index contributed by atoms with van der Waals surface area (Å²) in [6.07, 6.45) is 2.03. The number of carbonyl (C=O) groups is 1. The molecule has 0 spiro atoms. The number of benzene rings is 2. The lowest BCUT2D eigenvalue weighted by molar-refractivity contribution is -0.116. The van der Waals surface area contributed by atoms with Gasteiger partial charge >= 0.3 is 0 Å². The van der Waals surface area contributed by atoms with Crippen molar-refractivity contribution in [3.8, 4) is 5.75 Å². The lowest BCUT2D eigenvalue weighted by Crippen LogP contribution is -2.14. The number of nitrogen functional groups attached to an aromatic ring is 1. The number of anilines is 2. The lowest BCUT2D eigenvalue weighted by Gasteiger charge is -2.09. The van der Waals surface area contributed by atoms with E-state index in [1.807, 2.05) is 24.3 Å². The number of ether oxygens (including phenoxy) is 1. The second-order valence-corrected chi connectivity index (χ2v) is 8.01. The molecule has 2 aromatic rings. The number of nitrogens with one attached hydrogen (secondary N) is 1. The number of rotatable bonds is 8. The summed E-state index contributed by atoms with van der Waals surface area (Å²) < 4.78 is 27.6. The van der Waals surface area contributed by atoms with Crippen molar-refractivity contribution < 1.29 is 17.9 Å². The third-order valence-electron chi connectivity index (χ3n) is 3.52. The van der Waals surface area contributed by atoms with Crippen LogP contribution in [0.2, 0.25) is 0 Å². The number of sulfone groups is 1. The van der Waals surface area contributed by atoms with Gasteiger partial charge in [-0.15, -0.1) is 0 Å². The number of hydrogen-bond donors (Lipinski definition) is 2. The first-order chi connectivity index (χ1) is 11.8. The Morgan fingerprint density at radius 3 is 2.64 bits per heavy atom. The van der Waals surface area contributed by atoms with E-state index in [1.165, 1.54) is 0 Å². The normalized spacial score (nSPS) is 11.1. The topological polar surface area (TPSA) is 98.5 Å². The van der Waals surface area contributed by atoms with Gasteiger partial charge in [-0.1, -0.05) is 24.3 Å². The Labute approximate surface area is 147 Å². The fraction of sp³-hybridized carbons (Fsp3) is 0.278. The highest BCUT2D eigenvalue weighted by molar-refractivity contribution is 7.90. The number of para-hydroxylation sites is 1. The third kappa shape index (κ3) is 6.84. The Hall–Kier alpha value is -2.54. The minimum atomic E-state index is -3.07. The van der Waals surface area contributed by atoms with Crippen LogP contribution in [-0.2, 0) is 21.1 Å². The summed E-state index contributed by atoms with van der Waals surface area (Å²) in [5.74, 6) is 0.326. The molecule has 0 atom stereocenters. The Kier molecular flexibility index (Phi) is 6.41. The molecule has 0 saturated carbocycles. The molecule has 25 heavy (non-hydrogen) atoms. The van der Waals surface area contributed by atoms with Gasteiger partial charge in [0, 0.05) is 30.1 Å². The average molecular weight is 362 g/mol. The van der Waals surface area contributed by atoms with Gasteiger partial charge in [0.15, 0.2) is 9.84 Å². The molecule has 0 aliphatic heterocycles. The molecule has 0 radical (unpaired) electrons. The maximum atomic E-state index is 12.1. The first-order valence-corrected chi connectivity index (χ1v) is 9.93. The van der Waals surface area contributed by atoms with Gasteiger partial charge in [0.2, 0.25) is 5.91 Å². The number of aryl methyl sites for hydroxylation is 1. The molecular formula is C18H22N2O4S. The largest absolute Gasteiger partial charge is 0.492 e. The summed E-state index contributed by atoms with van der Waals surface area (Å²) >= 11 is 0. The number of carbonyl (C=O) groups excluding carboxylic acids is 1. The molecule has 1 amide bonds. The molecule has 7 heteroatoms. The van der Waals surface area contributed by atoms with Gasteiger partial charge in [0.1, 0.15) is 12.4 Å². The van der Waals surface area contributed by atoms with Crippen molar-refractivity contribution in [3.05, 3.63) is 54.1 Å². The van der Waals surface area contributed by atoms with Gasteiger partial charge in [0.25, 0.3) is 0 Å². The molecule has 0 aromatic heterocycles. The van der Waals surface area contributed by atoms with Crippen molar-refractivity contribution >= 4 is 27.1 Å². The highest BCUT2D eigenvalue weighted by Gasteiger charge is 2.07. The molecule has 0 unspecified atom stereocenters. The predicted molar refractivity (Wildman–Crippen MR) is 99.5 cm³/mol. The van der Waals surface area contributed by atoms with Gasteiger partial charge in [-0.05, 0) is 30.2 Å². The van der Waals surface area contributed by atoms with Gasteiger partial charge in [-0.25, -0.2) is 8.42 Å². The zero-order valence-electron chi connectivity index (χ0n) is 14.1. The van der Waals surface area contributed by atoms with E-state index >= 15 is 0 Å². The third-order valence-corrected chi connectivity index (χ3v) is 4.43. The van der Waals surface area contributed by atoms with E-state index < -0.39 is 9.84 Å². The van der Waals surface area contributed by atoms with Crippen molar-refractivity contribution in [1.29, 1.82) is 0 Å². The van der Waals surface area contributed by atoms with Crippen LogP contribution in [0, 0.1) is 0 Å². The van der Waals surface area contributed by atoms with E-state index in [0.717, 1.165) is 11.8 Å². The smallest absolute Gasteiger partial charge is 0.224 e. The Morgan fingerprint density at radius 2 is 1.92 bits per heavy atom. The quantitative estimate of drug-likeness (QED) is 0.702. The number of nitrogens with two attached hydrogens (primary N) is 1. The monoisotopic (exact) mass is 362 g/mol. The fourth-order valence-corrected chi connectivity index (χ4v) is 2.59. The molecule has 6 nitrogen and oxygen atoms in total. The van der Waals surface area contributed by atoms with Crippen LogP contribution in [0.5, 0.6) is 5.75 Å². The number of hydrogen-bond acceptors (Lipinski definition) is 5. The van der Waals surface area contributed by atoms with Crippen LogP contribution in [0.25, 0.3) is 0 Å². The molecule has 0 aliphatic carbocycles. The fourth-order valence-electron chi connectivity index (χ4n) is 2.21. The van der Waals surface area contributed by atoms with Gasteiger partial charge < -0.3 is 15.8 Å². The van der Waals surface area contributed by atoms with E-state index in [2.05, 4.69) is 5.32 Å². The van der Waals surface area contributed by atoms with Crippen molar-refractivity contribution in [2.24, 2.45) is 0 Å². The van der Waals surface area contributed by atoms with Crippen LogP contribution in [0.4, 0.5) is 11.4 Å². The zero-order valence-corrected chi connectivity index (χ0v) is 14.9. The molecule has 3 N–H and O–H groups in total. The summed E-state index contributed by atoms with van der Waals surface area (Å²) in [4.78, 5) is 12.1. The van der Waals surface area contributed by atoms with Crippen LogP contribution >= 0.6 is 0 Å².